The monoisotopic (exact) mass is 295 g/mol. The van der Waals surface area contributed by atoms with Gasteiger partial charge in [-0.3, -0.25) is 9.59 Å². The predicted molar refractivity (Wildman–Crippen MR) is 78.3 cm³/mol. The van der Waals surface area contributed by atoms with Gasteiger partial charge in [-0.15, -0.1) is 11.3 Å². The van der Waals surface area contributed by atoms with E-state index in [0.29, 0.717) is 31.8 Å². The SMILES string of the molecule is Cc1csc(CN2CCC(=O)NC(CC(C)C)C2=O)n1. The van der Waals surface area contributed by atoms with Crippen LogP contribution in [0.5, 0.6) is 0 Å². The van der Waals surface area contributed by atoms with E-state index in [9.17, 15) is 9.59 Å². The van der Waals surface area contributed by atoms with Gasteiger partial charge in [-0.2, -0.15) is 0 Å². The van der Waals surface area contributed by atoms with Crippen LogP contribution >= 0.6 is 11.3 Å². The highest BCUT2D eigenvalue weighted by atomic mass is 32.1. The summed E-state index contributed by atoms with van der Waals surface area (Å²) in [6, 6.07) is -0.397. The predicted octanol–water partition coefficient (Wildman–Crippen LogP) is 1.71. The molecule has 1 N–H and O–H groups in total. The van der Waals surface area contributed by atoms with Crippen molar-refractivity contribution in [3.8, 4) is 0 Å². The summed E-state index contributed by atoms with van der Waals surface area (Å²) in [4.78, 5) is 30.4. The van der Waals surface area contributed by atoms with Gasteiger partial charge < -0.3 is 10.2 Å². The zero-order valence-corrected chi connectivity index (χ0v) is 13.0. The number of aryl methyl sites for hydroxylation is 1. The number of amides is 2. The van der Waals surface area contributed by atoms with Crippen LogP contribution < -0.4 is 5.32 Å². The van der Waals surface area contributed by atoms with Gasteiger partial charge in [0.2, 0.25) is 11.8 Å². The summed E-state index contributed by atoms with van der Waals surface area (Å²) in [6.45, 7) is 7.02. The number of nitrogens with zero attached hydrogens (tertiary/aromatic N) is 2. The standard InChI is InChI=1S/C14H21N3O2S/c1-9(2)6-11-14(19)17(5-4-12(18)16-11)7-13-15-10(3)8-20-13/h8-9,11H,4-7H2,1-3H3,(H,16,18). The minimum absolute atomic E-state index is 0.0115. The molecule has 2 rings (SSSR count). The molecular formula is C14H21N3O2S. The van der Waals surface area contributed by atoms with Crippen molar-refractivity contribution < 1.29 is 9.59 Å². The average molecular weight is 295 g/mol. The molecule has 1 atom stereocenters. The van der Waals surface area contributed by atoms with Crippen LogP contribution in [0.15, 0.2) is 5.38 Å². The van der Waals surface area contributed by atoms with Crippen LogP contribution in [0.4, 0.5) is 0 Å². The van der Waals surface area contributed by atoms with Crippen LogP contribution in [0.2, 0.25) is 0 Å². The first-order chi connectivity index (χ1) is 9.45. The fourth-order valence-corrected chi connectivity index (χ4v) is 3.11. The lowest BCUT2D eigenvalue weighted by Crippen LogP contribution is -2.45. The Bertz CT molecular complexity index is 498. The maximum absolute atomic E-state index is 12.5. The van der Waals surface area contributed by atoms with Crippen molar-refractivity contribution in [2.75, 3.05) is 6.54 Å². The molecule has 0 saturated carbocycles. The van der Waals surface area contributed by atoms with Crippen LogP contribution in [-0.2, 0) is 16.1 Å². The highest BCUT2D eigenvalue weighted by Crippen LogP contribution is 2.16. The summed E-state index contributed by atoms with van der Waals surface area (Å²) in [5, 5.41) is 5.74. The first kappa shape index (κ1) is 15.0. The third-order valence-corrected chi connectivity index (χ3v) is 4.20. The van der Waals surface area contributed by atoms with E-state index in [1.54, 1.807) is 16.2 Å². The first-order valence-electron chi connectivity index (χ1n) is 6.95. The molecule has 1 aliphatic heterocycles. The van der Waals surface area contributed by atoms with Crippen LogP contribution in [0, 0.1) is 12.8 Å². The molecule has 0 bridgehead atoms. The Balaban J connectivity index is 2.10. The molecule has 0 radical (unpaired) electrons. The molecule has 110 valence electrons. The summed E-state index contributed by atoms with van der Waals surface area (Å²) in [7, 11) is 0. The molecule has 6 heteroatoms. The molecule has 0 aromatic carbocycles. The molecule has 20 heavy (non-hydrogen) atoms. The second kappa shape index (κ2) is 6.35. The molecular weight excluding hydrogens is 274 g/mol. The Morgan fingerprint density at radius 3 is 2.85 bits per heavy atom. The highest BCUT2D eigenvalue weighted by Gasteiger charge is 2.30. The van der Waals surface area contributed by atoms with Crippen LogP contribution in [-0.4, -0.2) is 34.3 Å². The number of hydrogen-bond acceptors (Lipinski definition) is 4. The van der Waals surface area contributed by atoms with E-state index >= 15 is 0 Å². The lowest BCUT2D eigenvalue weighted by Gasteiger charge is -2.24. The molecule has 2 amide bonds. The number of rotatable bonds is 4. The topological polar surface area (TPSA) is 62.3 Å². The van der Waals surface area contributed by atoms with Gasteiger partial charge in [0.1, 0.15) is 11.0 Å². The molecule has 0 aliphatic carbocycles. The van der Waals surface area contributed by atoms with Crippen molar-refractivity contribution in [2.24, 2.45) is 5.92 Å². The van der Waals surface area contributed by atoms with Gasteiger partial charge in [-0.05, 0) is 19.3 Å². The van der Waals surface area contributed by atoms with Crippen LogP contribution in [0.1, 0.15) is 37.4 Å². The van der Waals surface area contributed by atoms with Crippen molar-refractivity contribution in [3.05, 3.63) is 16.1 Å². The maximum atomic E-state index is 12.5. The van der Waals surface area contributed by atoms with Gasteiger partial charge >= 0.3 is 0 Å². The molecule has 1 aliphatic rings. The van der Waals surface area contributed by atoms with Crippen molar-refractivity contribution in [2.45, 2.75) is 46.2 Å². The van der Waals surface area contributed by atoms with Gasteiger partial charge in [0.15, 0.2) is 0 Å². The first-order valence-corrected chi connectivity index (χ1v) is 7.83. The second-order valence-electron chi connectivity index (χ2n) is 5.64. The number of carbonyl (C=O) groups is 2. The van der Waals surface area contributed by atoms with E-state index in [4.69, 9.17) is 0 Å². The smallest absolute Gasteiger partial charge is 0.245 e. The molecule has 5 nitrogen and oxygen atoms in total. The number of carbonyl (C=O) groups excluding carboxylic acids is 2. The van der Waals surface area contributed by atoms with Gasteiger partial charge in [0, 0.05) is 24.0 Å². The fourth-order valence-electron chi connectivity index (χ4n) is 2.32. The Kier molecular flexibility index (Phi) is 4.75. The largest absolute Gasteiger partial charge is 0.344 e. The Morgan fingerprint density at radius 1 is 1.50 bits per heavy atom. The third-order valence-electron chi connectivity index (χ3n) is 3.25. The summed E-state index contributed by atoms with van der Waals surface area (Å²) in [5.41, 5.74) is 0.972. The minimum atomic E-state index is -0.397. The van der Waals surface area contributed by atoms with Gasteiger partial charge in [0.25, 0.3) is 0 Å². The van der Waals surface area contributed by atoms with E-state index in [-0.39, 0.29) is 11.8 Å². The summed E-state index contributed by atoms with van der Waals surface area (Å²) in [6.07, 6.45) is 1.04. The Hall–Kier alpha value is -1.43. The lowest BCUT2D eigenvalue weighted by atomic mass is 10.0. The van der Waals surface area contributed by atoms with E-state index < -0.39 is 6.04 Å². The van der Waals surface area contributed by atoms with Crippen molar-refractivity contribution in [1.82, 2.24) is 15.2 Å². The van der Waals surface area contributed by atoms with Crippen molar-refractivity contribution in [3.63, 3.8) is 0 Å². The molecule has 1 fully saturated rings. The fraction of sp³-hybridized carbons (Fsp3) is 0.643. The average Bonchev–Trinajstić information content (AvgIpc) is 2.72. The number of nitrogens with one attached hydrogen (secondary N) is 1. The Labute approximate surface area is 123 Å². The van der Waals surface area contributed by atoms with Crippen molar-refractivity contribution in [1.29, 1.82) is 0 Å². The minimum Gasteiger partial charge on any atom is -0.344 e. The maximum Gasteiger partial charge on any atom is 0.245 e. The molecule has 1 aromatic rings. The molecule has 1 unspecified atom stereocenters. The quantitative estimate of drug-likeness (QED) is 0.920. The number of aromatic nitrogens is 1. The Morgan fingerprint density at radius 2 is 2.25 bits per heavy atom. The zero-order valence-electron chi connectivity index (χ0n) is 12.2. The molecule has 2 heterocycles. The number of thiazole rings is 1. The van der Waals surface area contributed by atoms with Crippen LogP contribution in [0.3, 0.4) is 0 Å². The molecule has 0 spiro atoms. The van der Waals surface area contributed by atoms with Gasteiger partial charge in [-0.1, -0.05) is 13.8 Å². The van der Waals surface area contributed by atoms with Crippen LogP contribution in [0.25, 0.3) is 0 Å². The number of hydrogen-bond donors (Lipinski definition) is 1. The zero-order chi connectivity index (χ0) is 14.7. The highest BCUT2D eigenvalue weighted by molar-refractivity contribution is 7.09. The normalized spacial score (nSPS) is 20.2. The van der Waals surface area contributed by atoms with E-state index in [1.807, 2.05) is 12.3 Å². The van der Waals surface area contributed by atoms with E-state index in [2.05, 4.69) is 24.1 Å². The van der Waals surface area contributed by atoms with Gasteiger partial charge in [-0.25, -0.2) is 4.98 Å². The van der Waals surface area contributed by atoms with Gasteiger partial charge in [0.05, 0.1) is 6.54 Å². The summed E-state index contributed by atoms with van der Waals surface area (Å²) >= 11 is 1.56. The van der Waals surface area contributed by atoms with E-state index in [1.165, 1.54) is 0 Å². The summed E-state index contributed by atoms with van der Waals surface area (Å²) in [5.74, 6) is 0.338. The lowest BCUT2D eigenvalue weighted by molar-refractivity contribution is -0.134. The van der Waals surface area contributed by atoms with E-state index in [0.717, 1.165) is 10.7 Å². The third kappa shape index (κ3) is 3.79. The molecule has 1 aromatic heterocycles. The van der Waals surface area contributed by atoms with Crippen molar-refractivity contribution >= 4 is 23.2 Å². The second-order valence-corrected chi connectivity index (χ2v) is 6.58. The molecule has 1 saturated heterocycles. The summed E-state index contributed by atoms with van der Waals surface area (Å²) < 4.78 is 0.